The minimum Gasteiger partial charge on any atom is -0.344 e. The van der Waals surface area contributed by atoms with Gasteiger partial charge in [-0.2, -0.15) is 0 Å². The maximum atomic E-state index is 3.50. The molecule has 1 heterocycles. The van der Waals surface area contributed by atoms with E-state index in [9.17, 15) is 0 Å². The van der Waals surface area contributed by atoms with Crippen LogP contribution >= 0.6 is 15.9 Å². The van der Waals surface area contributed by atoms with Crippen molar-refractivity contribution in [2.24, 2.45) is 7.05 Å². The minimum absolute atomic E-state index is 0.907. The van der Waals surface area contributed by atoms with Gasteiger partial charge in [-0.05, 0) is 17.7 Å². The summed E-state index contributed by atoms with van der Waals surface area (Å²) in [5.41, 5.74) is 3.92. The molecule has 2 aromatic carbocycles. The highest BCUT2D eigenvalue weighted by Crippen LogP contribution is 2.28. The molecule has 2 heteroatoms. The lowest BCUT2D eigenvalue weighted by Gasteiger charge is -1.99. The lowest BCUT2D eigenvalue weighted by atomic mass is 10.1. The molecular weight excluding hydrogens is 262 g/mol. The van der Waals surface area contributed by atoms with Crippen LogP contribution in [0.15, 0.2) is 42.5 Å². The Bertz CT molecular complexity index is 667. The van der Waals surface area contributed by atoms with E-state index in [1.165, 1.54) is 27.4 Å². The number of hydrogen-bond donors (Lipinski definition) is 0. The molecule has 0 aliphatic heterocycles. The van der Waals surface area contributed by atoms with E-state index in [0.717, 1.165) is 5.33 Å². The normalized spacial score (nSPS) is 11.4. The summed E-state index contributed by atoms with van der Waals surface area (Å²) in [6, 6.07) is 15.2. The summed E-state index contributed by atoms with van der Waals surface area (Å²) in [6.45, 7) is 0. The Labute approximate surface area is 103 Å². The Morgan fingerprint density at radius 1 is 1.00 bits per heavy atom. The van der Waals surface area contributed by atoms with Gasteiger partial charge >= 0.3 is 0 Å². The first-order valence-corrected chi connectivity index (χ1v) is 6.45. The number of halogens is 1. The third-order valence-electron chi connectivity index (χ3n) is 3.13. The Kier molecular flexibility index (Phi) is 2.25. The van der Waals surface area contributed by atoms with Crippen molar-refractivity contribution in [1.82, 2.24) is 4.57 Å². The molecule has 0 saturated carbocycles. The highest BCUT2D eigenvalue weighted by Gasteiger charge is 2.07. The third kappa shape index (κ3) is 1.30. The van der Waals surface area contributed by atoms with Gasteiger partial charge in [0, 0.05) is 34.2 Å². The van der Waals surface area contributed by atoms with Gasteiger partial charge in [-0.1, -0.05) is 46.3 Å². The van der Waals surface area contributed by atoms with E-state index in [2.05, 4.69) is 70.0 Å². The number of alkyl halides is 1. The van der Waals surface area contributed by atoms with Gasteiger partial charge in [-0.3, -0.25) is 0 Å². The van der Waals surface area contributed by atoms with Crippen LogP contribution in [-0.2, 0) is 12.4 Å². The summed E-state index contributed by atoms with van der Waals surface area (Å²) < 4.78 is 2.26. The molecule has 0 N–H and O–H groups in total. The number of aromatic nitrogens is 1. The largest absolute Gasteiger partial charge is 0.344 e. The van der Waals surface area contributed by atoms with Crippen LogP contribution in [0.25, 0.3) is 21.8 Å². The van der Waals surface area contributed by atoms with Gasteiger partial charge in [0.15, 0.2) is 0 Å². The molecule has 0 aliphatic rings. The van der Waals surface area contributed by atoms with Crippen LogP contribution in [0.2, 0.25) is 0 Å². The lowest BCUT2D eigenvalue weighted by Crippen LogP contribution is -1.87. The zero-order valence-corrected chi connectivity index (χ0v) is 10.7. The molecule has 80 valence electrons. The second-order valence-corrected chi connectivity index (χ2v) is 4.62. The first kappa shape index (κ1) is 9.91. The molecule has 0 spiro atoms. The van der Waals surface area contributed by atoms with Crippen LogP contribution in [0.5, 0.6) is 0 Å². The van der Waals surface area contributed by atoms with Crippen molar-refractivity contribution in [3.05, 3.63) is 48.0 Å². The van der Waals surface area contributed by atoms with Crippen LogP contribution in [-0.4, -0.2) is 4.57 Å². The van der Waals surface area contributed by atoms with Crippen molar-refractivity contribution in [2.75, 3.05) is 0 Å². The van der Waals surface area contributed by atoms with Crippen LogP contribution in [0.3, 0.4) is 0 Å². The van der Waals surface area contributed by atoms with Crippen LogP contribution in [0.1, 0.15) is 5.56 Å². The molecule has 1 nitrogen and oxygen atoms in total. The molecule has 0 saturated heterocycles. The molecule has 0 fully saturated rings. The van der Waals surface area contributed by atoms with E-state index in [1.54, 1.807) is 0 Å². The van der Waals surface area contributed by atoms with Gasteiger partial charge in [0.25, 0.3) is 0 Å². The standard InChI is InChI=1S/C14H12BrN/c1-16-13-5-3-2-4-11(13)12-7-6-10(9-15)8-14(12)16/h2-8H,9H2,1H3. The Balaban J connectivity index is 2.51. The molecule has 0 atom stereocenters. The fraction of sp³-hybridized carbons (Fsp3) is 0.143. The average Bonchev–Trinajstić information content (AvgIpc) is 2.64. The summed E-state index contributed by atoms with van der Waals surface area (Å²) in [5.74, 6) is 0. The minimum atomic E-state index is 0.907. The van der Waals surface area contributed by atoms with E-state index < -0.39 is 0 Å². The highest BCUT2D eigenvalue weighted by molar-refractivity contribution is 9.08. The van der Waals surface area contributed by atoms with Crippen LogP contribution in [0, 0.1) is 0 Å². The number of para-hydroxylation sites is 1. The zero-order valence-electron chi connectivity index (χ0n) is 9.07. The molecule has 0 amide bonds. The molecule has 0 radical (unpaired) electrons. The van der Waals surface area contributed by atoms with Crippen molar-refractivity contribution >= 4 is 37.7 Å². The van der Waals surface area contributed by atoms with Gasteiger partial charge in [0.2, 0.25) is 0 Å². The topological polar surface area (TPSA) is 4.93 Å². The number of benzene rings is 2. The molecule has 0 bridgehead atoms. The first-order valence-electron chi connectivity index (χ1n) is 5.33. The number of nitrogens with zero attached hydrogens (tertiary/aromatic N) is 1. The first-order chi connectivity index (χ1) is 7.81. The number of fused-ring (bicyclic) bond motifs is 3. The molecule has 0 unspecified atom stereocenters. The molecule has 3 aromatic rings. The van der Waals surface area contributed by atoms with Gasteiger partial charge < -0.3 is 4.57 Å². The van der Waals surface area contributed by atoms with Crippen molar-refractivity contribution in [3.63, 3.8) is 0 Å². The van der Waals surface area contributed by atoms with Crippen molar-refractivity contribution in [1.29, 1.82) is 0 Å². The zero-order chi connectivity index (χ0) is 11.1. The van der Waals surface area contributed by atoms with E-state index >= 15 is 0 Å². The van der Waals surface area contributed by atoms with Crippen molar-refractivity contribution in [2.45, 2.75) is 5.33 Å². The summed E-state index contributed by atoms with van der Waals surface area (Å²) in [5, 5.41) is 3.58. The quantitative estimate of drug-likeness (QED) is 0.585. The van der Waals surface area contributed by atoms with Gasteiger partial charge in [-0.25, -0.2) is 0 Å². The number of aryl methyl sites for hydroxylation is 1. The predicted octanol–water partition coefficient (Wildman–Crippen LogP) is 4.23. The van der Waals surface area contributed by atoms with Gasteiger partial charge in [-0.15, -0.1) is 0 Å². The van der Waals surface area contributed by atoms with E-state index in [4.69, 9.17) is 0 Å². The van der Waals surface area contributed by atoms with E-state index in [1.807, 2.05) is 0 Å². The van der Waals surface area contributed by atoms with Gasteiger partial charge in [0.1, 0.15) is 0 Å². The summed E-state index contributed by atoms with van der Waals surface area (Å²) in [7, 11) is 2.13. The number of hydrogen-bond acceptors (Lipinski definition) is 0. The van der Waals surface area contributed by atoms with Gasteiger partial charge in [0.05, 0.1) is 0 Å². The fourth-order valence-electron chi connectivity index (χ4n) is 2.29. The second kappa shape index (κ2) is 3.63. The van der Waals surface area contributed by atoms with Crippen molar-refractivity contribution < 1.29 is 0 Å². The molecule has 0 aliphatic carbocycles. The fourth-order valence-corrected chi connectivity index (χ4v) is 2.64. The highest BCUT2D eigenvalue weighted by atomic mass is 79.9. The van der Waals surface area contributed by atoms with E-state index in [0.29, 0.717) is 0 Å². The summed E-state index contributed by atoms with van der Waals surface area (Å²) >= 11 is 3.50. The number of rotatable bonds is 1. The maximum absolute atomic E-state index is 3.50. The third-order valence-corrected chi connectivity index (χ3v) is 3.78. The average molecular weight is 274 g/mol. The van der Waals surface area contributed by atoms with Crippen molar-refractivity contribution in [3.8, 4) is 0 Å². The Morgan fingerprint density at radius 2 is 1.75 bits per heavy atom. The Hall–Kier alpha value is -1.28. The summed E-state index contributed by atoms with van der Waals surface area (Å²) in [6.07, 6.45) is 0. The predicted molar refractivity (Wildman–Crippen MR) is 73.1 cm³/mol. The summed E-state index contributed by atoms with van der Waals surface area (Å²) in [4.78, 5) is 0. The van der Waals surface area contributed by atoms with Crippen LogP contribution in [0.4, 0.5) is 0 Å². The second-order valence-electron chi connectivity index (χ2n) is 4.06. The Morgan fingerprint density at radius 3 is 2.56 bits per heavy atom. The molecule has 3 rings (SSSR count). The monoisotopic (exact) mass is 273 g/mol. The van der Waals surface area contributed by atoms with Crippen LogP contribution < -0.4 is 0 Å². The molecular formula is C14H12BrN. The van der Waals surface area contributed by atoms with E-state index in [-0.39, 0.29) is 0 Å². The molecule has 16 heavy (non-hydrogen) atoms. The lowest BCUT2D eigenvalue weighted by molar-refractivity contribution is 1.01. The molecule has 1 aromatic heterocycles. The maximum Gasteiger partial charge on any atom is 0.0491 e. The SMILES string of the molecule is Cn1c2ccccc2c2ccc(CBr)cc21. The smallest absolute Gasteiger partial charge is 0.0491 e.